The van der Waals surface area contributed by atoms with Crippen molar-refractivity contribution in [1.29, 1.82) is 0 Å². The van der Waals surface area contributed by atoms with Crippen molar-refractivity contribution in [2.45, 2.75) is 39.5 Å². The number of thiazole rings is 1. The summed E-state index contributed by atoms with van der Waals surface area (Å²) in [7, 11) is 0. The molecule has 0 amide bonds. The van der Waals surface area contributed by atoms with Gasteiger partial charge in [0.2, 0.25) is 0 Å². The molecule has 0 aliphatic carbocycles. The molecule has 0 unspecified atom stereocenters. The van der Waals surface area contributed by atoms with E-state index in [4.69, 9.17) is 5.11 Å². The van der Waals surface area contributed by atoms with Gasteiger partial charge in [-0.05, 0) is 39.0 Å². The zero-order chi connectivity index (χ0) is 13.1. The van der Waals surface area contributed by atoms with Gasteiger partial charge in [-0.25, -0.2) is 4.98 Å². The minimum Gasteiger partial charge on any atom is -0.481 e. The first-order valence-electron chi connectivity index (χ1n) is 6.47. The standard InChI is InChI=1S/C13H20N2O2S/c1-9-10(2)18-13(14-9)15-7-5-11(6-8-15)3-4-12(16)17/h11H,3-8H2,1-2H3,(H,16,17). The van der Waals surface area contributed by atoms with Gasteiger partial charge in [0.25, 0.3) is 0 Å². The molecule has 0 saturated carbocycles. The van der Waals surface area contributed by atoms with Crippen molar-refractivity contribution in [1.82, 2.24) is 4.98 Å². The molecule has 100 valence electrons. The molecule has 18 heavy (non-hydrogen) atoms. The van der Waals surface area contributed by atoms with Crippen LogP contribution in [0, 0.1) is 19.8 Å². The summed E-state index contributed by atoms with van der Waals surface area (Å²) in [5, 5.41) is 9.82. The molecule has 1 aromatic rings. The number of carbonyl (C=O) groups is 1. The number of piperidine rings is 1. The molecule has 2 rings (SSSR count). The third-order valence-corrected chi connectivity index (χ3v) is 4.80. The van der Waals surface area contributed by atoms with Crippen LogP contribution in [-0.2, 0) is 4.79 Å². The van der Waals surface area contributed by atoms with Crippen LogP contribution in [0.4, 0.5) is 5.13 Å². The number of aryl methyl sites for hydroxylation is 2. The van der Waals surface area contributed by atoms with Crippen molar-refractivity contribution >= 4 is 22.4 Å². The molecular formula is C13H20N2O2S. The molecule has 0 aromatic carbocycles. The van der Waals surface area contributed by atoms with Gasteiger partial charge in [-0.3, -0.25) is 4.79 Å². The predicted molar refractivity (Wildman–Crippen MR) is 73.4 cm³/mol. The highest BCUT2D eigenvalue weighted by Gasteiger charge is 2.22. The highest BCUT2D eigenvalue weighted by molar-refractivity contribution is 7.15. The van der Waals surface area contributed by atoms with E-state index in [0.717, 1.165) is 43.2 Å². The Morgan fingerprint density at radius 3 is 2.61 bits per heavy atom. The monoisotopic (exact) mass is 268 g/mol. The van der Waals surface area contributed by atoms with Gasteiger partial charge >= 0.3 is 5.97 Å². The van der Waals surface area contributed by atoms with Gasteiger partial charge in [0.15, 0.2) is 5.13 Å². The van der Waals surface area contributed by atoms with Gasteiger partial charge in [0, 0.05) is 24.4 Å². The third kappa shape index (κ3) is 3.22. The van der Waals surface area contributed by atoms with Crippen LogP contribution in [0.2, 0.25) is 0 Å². The van der Waals surface area contributed by atoms with Crippen LogP contribution >= 0.6 is 11.3 Å². The number of carboxylic acids is 1. The molecule has 2 heterocycles. The summed E-state index contributed by atoms with van der Waals surface area (Å²) >= 11 is 1.76. The molecule has 1 aliphatic rings. The minimum atomic E-state index is -0.677. The lowest BCUT2D eigenvalue weighted by atomic mass is 9.92. The fourth-order valence-electron chi connectivity index (χ4n) is 2.33. The number of anilines is 1. The molecule has 0 atom stereocenters. The Bertz CT molecular complexity index is 403. The maximum Gasteiger partial charge on any atom is 0.303 e. The Morgan fingerprint density at radius 2 is 2.11 bits per heavy atom. The van der Waals surface area contributed by atoms with Crippen LogP contribution in [0.1, 0.15) is 36.3 Å². The molecule has 0 spiro atoms. The Morgan fingerprint density at radius 1 is 1.44 bits per heavy atom. The van der Waals surface area contributed by atoms with Crippen molar-refractivity contribution in [3.8, 4) is 0 Å². The van der Waals surface area contributed by atoms with E-state index in [1.807, 2.05) is 0 Å². The lowest BCUT2D eigenvalue weighted by Gasteiger charge is -2.31. The SMILES string of the molecule is Cc1nc(N2CCC(CCC(=O)O)CC2)sc1C. The molecule has 1 fully saturated rings. The van der Waals surface area contributed by atoms with Crippen LogP contribution in [-0.4, -0.2) is 29.1 Å². The van der Waals surface area contributed by atoms with Gasteiger partial charge in [-0.1, -0.05) is 0 Å². The highest BCUT2D eigenvalue weighted by Crippen LogP contribution is 2.30. The van der Waals surface area contributed by atoms with Crippen LogP contribution in [0.5, 0.6) is 0 Å². The van der Waals surface area contributed by atoms with E-state index in [1.165, 1.54) is 4.88 Å². The summed E-state index contributed by atoms with van der Waals surface area (Å²) < 4.78 is 0. The number of carboxylic acid groups (broad SMARTS) is 1. The summed E-state index contributed by atoms with van der Waals surface area (Å²) in [6, 6.07) is 0. The van der Waals surface area contributed by atoms with E-state index in [-0.39, 0.29) is 0 Å². The summed E-state index contributed by atoms with van der Waals surface area (Å²) in [5.74, 6) is -0.108. The predicted octanol–water partition coefficient (Wildman–Crippen LogP) is 2.84. The van der Waals surface area contributed by atoms with Gasteiger partial charge in [0.05, 0.1) is 5.69 Å². The van der Waals surface area contributed by atoms with Crippen LogP contribution < -0.4 is 4.90 Å². The maximum absolute atomic E-state index is 10.5. The Kier molecular flexibility index (Phi) is 4.22. The molecule has 1 N–H and O–H groups in total. The maximum atomic E-state index is 10.5. The first-order valence-corrected chi connectivity index (χ1v) is 7.28. The molecule has 1 aliphatic heterocycles. The number of hydrogen-bond acceptors (Lipinski definition) is 4. The van der Waals surface area contributed by atoms with Crippen LogP contribution in [0.3, 0.4) is 0 Å². The van der Waals surface area contributed by atoms with E-state index < -0.39 is 5.97 Å². The van der Waals surface area contributed by atoms with Crippen LogP contribution in [0.25, 0.3) is 0 Å². The summed E-state index contributed by atoms with van der Waals surface area (Å²) in [5.41, 5.74) is 1.13. The van der Waals surface area contributed by atoms with E-state index in [1.54, 1.807) is 11.3 Å². The summed E-state index contributed by atoms with van der Waals surface area (Å²) in [6.07, 6.45) is 3.30. The second kappa shape index (κ2) is 5.69. The van der Waals surface area contributed by atoms with Crippen molar-refractivity contribution in [3.63, 3.8) is 0 Å². The van der Waals surface area contributed by atoms with Crippen molar-refractivity contribution in [2.75, 3.05) is 18.0 Å². The zero-order valence-electron chi connectivity index (χ0n) is 11.0. The van der Waals surface area contributed by atoms with E-state index in [2.05, 4.69) is 23.7 Å². The first kappa shape index (κ1) is 13.3. The molecule has 0 bridgehead atoms. The van der Waals surface area contributed by atoms with Gasteiger partial charge in [-0.2, -0.15) is 0 Å². The topological polar surface area (TPSA) is 53.4 Å². The normalized spacial score (nSPS) is 17.1. The largest absolute Gasteiger partial charge is 0.481 e. The lowest BCUT2D eigenvalue weighted by Crippen LogP contribution is -2.33. The van der Waals surface area contributed by atoms with Crippen LogP contribution in [0.15, 0.2) is 0 Å². The van der Waals surface area contributed by atoms with E-state index in [9.17, 15) is 4.79 Å². The Labute approximate surface area is 112 Å². The third-order valence-electron chi connectivity index (χ3n) is 3.67. The molecule has 5 heteroatoms. The van der Waals surface area contributed by atoms with Gasteiger partial charge in [-0.15, -0.1) is 11.3 Å². The van der Waals surface area contributed by atoms with Crippen molar-refractivity contribution in [2.24, 2.45) is 5.92 Å². The van der Waals surface area contributed by atoms with Gasteiger partial charge < -0.3 is 10.0 Å². The average Bonchev–Trinajstić information content (AvgIpc) is 2.68. The second-order valence-electron chi connectivity index (χ2n) is 5.00. The number of nitrogens with zero attached hydrogens (tertiary/aromatic N) is 2. The zero-order valence-corrected chi connectivity index (χ0v) is 11.8. The van der Waals surface area contributed by atoms with E-state index in [0.29, 0.717) is 12.3 Å². The van der Waals surface area contributed by atoms with Gasteiger partial charge in [0.1, 0.15) is 0 Å². The number of aliphatic carboxylic acids is 1. The molecule has 0 radical (unpaired) electrons. The highest BCUT2D eigenvalue weighted by atomic mass is 32.1. The second-order valence-corrected chi connectivity index (χ2v) is 6.18. The molecular weight excluding hydrogens is 248 g/mol. The Balaban J connectivity index is 1.84. The quantitative estimate of drug-likeness (QED) is 0.912. The smallest absolute Gasteiger partial charge is 0.303 e. The fourth-order valence-corrected chi connectivity index (χ4v) is 3.29. The number of aromatic nitrogens is 1. The minimum absolute atomic E-state index is 0.306. The number of hydrogen-bond donors (Lipinski definition) is 1. The summed E-state index contributed by atoms with van der Waals surface area (Å²) in [6.45, 7) is 6.18. The van der Waals surface area contributed by atoms with Crippen molar-refractivity contribution < 1.29 is 9.90 Å². The first-order chi connectivity index (χ1) is 8.56. The average molecular weight is 268 g/mol. The van der Waals surface area contributed by atoms with Crippen molar-refractivity contribution in [3.05, 3.63) is 10.6 Å². The lowest BCUT2D eigenvalue weighted by molar-refractivity contribution is -0.137. The summed E-state index contributed by atoms with van der Waals surface area (Å²) in [4.78, 5) is 18.8. The molecule has 1 saturated heterocycles. The van der Waals surface area contributed by atoms with E-state index >= 15 is 0 Å². The fraction of sp³-hybridized carbons (Fsp3) is 0.692. The Hall–Kier alpha value is -1.10. The molecule has 1 aromatic heterocycles. The number of rotatable bonds is 4. The molecule has 4 nitrogen and oxygen atoms in total.